The standard InChI is InChI=1S/C22H24N4O/c1-27-19-8-9-21-20(14-19)22(10-11-23-21)25-24-15-17-4-6-18(7-5-17)16-26-12-2-3-13-26/h4-11,14-15H,2-3,12-13,16H2,1H3,(H,23,25)/b24-15+. The summed E-state index contributed by atoms with van der Waals surface area (Å²) in [6.45, 7) is 3.48. The van der Waals surface area contributed by atoms with E-state index in [0.29, 0.717) is 0 Å². The largest absolute Gasteiger partial charge is 0.497 e. The molecule has 0 saturated carbocycles. The summed E-state index contributed by atoms with van der Waals surface area (Å²) in [4.78, 5) is 6.89. The van der Waals surface area contributed by atoms with E-state index < -0.39 is 0 Å². The fraction of sp³-hybridized carbons (Fsp3) is 0.273. The normalized spacial score (nSPS) is 14.9. The van der Waals surface area contributed by atoms with Crippen molar-refractivity contribution in [1.82, 2.24) is 9.88 Å². The smallest absolute Gasteiger partial charge is 0.119 e. The molecule has 138 valence electrons. The van der Waals surface area contributed by atoms with Crippen molar-refractivity contribution in [3.8, 4) is 5.75 Å². The molecular weight excluding hydrogens is 336 g/mol. The van der Waals surface area contributed by atoms with Gasteiger partial charge in [-0.3, -0.25) is 15.3 Å². The zero-order valence-corrected chi connectivity index (χ0v) is 15.6. The van der Waals surface area contributed by atoms with Crippen molar-refractivity contribution >= 4 is 22.8 Å². The van der Waals surface area contributed by atoms with Crippen molar-refractivity contribution in [3.63, 3.8) is 0 Å². The third-order valence-corrected chi connectivity index (χ3v) is 4.93. The predicted octanol–water partition coefficient (Wildman–Crippen LogP) is 4.29. The van der Waals surface area contributed by atoms with E-state index in [1.165, 1.54) is 31.5 Å². The van der Waals surface area contributed by atoms with E-state index >= 15 is 0 Å². The quantitative estimate of drug-likeness (QED) is 0.526. The average Bonchev–Trinajstić information content (AvgIpc) is 3.22. The number of aromatic nitrogens is 1. The van der Waals surface area contributed by atoms with Crippen LogP contribution in [0, 0.1) is 0 Å². The molecule has 0 amide bonds. The lowest BCUT2D eigenvalue weighted by atomic mass is 10.1. The van der Waals surface area contributed by atoms with Crippen LogP contribution >= 0.6 is 0 Å². The highest BCUT2D eigenvalue weighted by molar-refractivity contribution is 5.92. The second-order valence-electron chi connectivity index (χ2n) is 6.84. The fourth-order valence-corrected chi connectivity index (χ4v) is 3.43. The summed E-state index contributed by atoms with van der Waals surface area (Å²) in [6.07, 6.45) is 6.27. The molecule has 0 aliphatic carbocycles. The van der Waals surface area contributed by atoms with E-state index in [1.807, 2.05) is 30.5 Å². The number of hydrogen-bond acceptors (Lipinski definition) is 5. The third-order valence-electron chi connectivity index (χ3n) is 4.93. The predicted molar refractivity (Wildman–Crippen MR) is 110 cm³/mol. The number of hydrazone groups is 1. The van der Waals surface area contributed by atoms with Gasteiger partial charge in [-0.25, -0.2) is 0 Å². The van der Waals surface area contributed by atoms with Gasteiger partial charge in [-0.2, -0.15) is 5.10 Å². The zero-order valence-electron chi connectivity index (χ0n) is 15.6. The molecule has 0 atom stereocenters. The number of nitrogens with one attached hydrogen (secondary N) is 1. The van der Waals surface area contributed by atoms with E-state index in [-0.39, 0.29) is 0 Å². The molecule has 5 heteroatoms. The number of rotatable bonds is 6. The Labute approximate surface area is 159 Å². The maximum atomic E-state index is 5.31. The van der Waals surface area contributed by atoms with Gasteiger partial charge in [0.05, 0.1) is 24.5 Å². The zero-order chi connectivity index (χ0) is 18.5. The minimum Gasteiger partial charge on any atom is -0.497 e. The lowest BCUT2D eigenvalue weighted by Gasteiger charge is -2.14. The number of likely N-dealkylation sites (tertiary alicyclic amines) is 1. The second kappa shape index (κ2) is 8.18. The molecule has 27 heavy (non-hydrogen) atoms. The van der Waals surface area contributed by atoms with Crippen LogP contribution in [0.1, 0.15) is 24.0 Å². The van der Waals surface area contributed by atoms with E-state index in [1.54, 1.807) is 13.3 Å². The van der Waals surface area contributed by atoms with Gasteiger partial charge in [-0.1, -0.05) is 24.3 Å². The van der Waals surface area contributed by atoms with Crippen molar-refractivity contribution in [2.45, 2.75) is 19.4 Å². The van der Waals surface area contributed by atoms with Crippen LogP contribution in [0.5, 0.6) is 5.75 Å². The Hall–Kier alpha value is -2.92. The number of methoxy groups -OCH3 is 1. The molecule has 1 fully saturated rings. The minimum absolute atomic E-state index is 0.802. The molecule has 1 N–H and O–H groups in total. The first-order valence-electron chi connectivity index (χ1n) is 9.35. The molecule has 2 heterocycles. The number of pyridine rings is 1. The average molecular weight is 360 g/mol. The van der Waals surface area contributed by atoms with Gasteiger partial charge in [0, 0.05) is 18.1 Å². The molecule has 1 saturated heterocycles. The summed E-state index contributed by atoms with van der Waals surface area (Å²) >= 11 is 0. The summed E-state index contributed by atoms with van der Waals surface area (Å²) in [5, 5.41) is 5.38. The van der Waals surface area contributed by atoms with Crippen LogP contribution in [0.4, 0.5) is 5.69 Å². The monoisotopic (exact) mass is 360 g/mol. The number of fused-ring (bicyclic) bond motifs is 1. The van der Waals surface area contributed by atoms with E-state index in [0.717, 1.165) is 34.4 Å². The van der Waals surface area contributed by atoms with Crippen LogP contribution in [0.15, 0.2) is 59.8 Å². The van der Waals surface area contributed by atoms with Gasteiger partial charge in [0.15, 0.2) is 0 Å². The number of nitrogens with zero attached hydrogens (tertiary/aromatic N) is 3. The van der Waals surface area contributed by atoms with Crippen LogP contribution < -0.4 is 10.2 Å². The van der Waals surface area contributed by atoms with E-state index in [9.17, 15) is 0 Å². The topological polar surface area (TPSA) is 49.8 Å². The van der Waals surface area contributed by atoms with Gasteiger partial charge in [0.25, 0.3) is 0 Å². The SMILES string of the molecule is COc1ccc2nccc(N/N=C/c3ccc(CN4CCCC4)cc3)c2c1. The first-order valence-corrected chi connectivity index (χ1v) is 9.35. The van der Waals surface area contributed by atoms with Gasteiger partial charge in [-0.05, 0) is 61.3 Å². The maximum absolute atomic E-state index is 5.31. The lowest BCUT2D eigenvalue weighted by molar-refractivity contribution is 0.331. The van der Waals surface area contributed by atoms with Crippen molar-refractivity contribution in [3.05, 3.63) is 65.9 Å². The second-order valence-corrected chi connectivity index (χ2v) is 6.84. The summed E-state index contributed by atoms with van der Waals surface area (Å²) in [5.74, 6) is 0.802. The van der Waals surface area contributed by atoms with E-state index in [2.05, 4.69) is 44.7 Å². The van der Waals surface area contributed by atoms with Crippen molar-refractivity contribution in [1.29, 1.82) is 0 Å². The summed E-state index contributed by atoms with van der Waals surface area (Å²) in [6, 6.07) is 16.3. The molecule has 5 nitrogen and oxygen atoms in total. The van der Waals surface area contributed by atoms with Crippen LogP contribution in [-0.4, -0.2) is 36.3 Å². The molecule has 0 radical (unpaired) electrons. The van der Waals surface area contributed by atoms with Gasteiger partial charge in [0.2, 0.25) is 0 Å². The minimum atomic E-state index is 0.802. The Kier molecular flexibility index (Phi) is 5.30. The number of benzene rings is 2. The fourth-order valence-electron chi connectivity index (χ4n) is 3.43. The van der Waals surface area contributed by atoms with Crippen LogP contribution in [0.25, 0.3) is 10.9 Å². The van der Waals surface area contributed by atoms with Crippen LogP contribution in [-0.2, 0) is 6.54 Å². The van der Waals surface area contributed by atoms with E-state index in [4.69, 9.17) is 4.74 Å². The molecule has 1 aromatic heterocycles. The van der Waals surface area contributed by atoms with Gasteiger partial charge in [0.1, 0.15) is 5.75 Å². The van der Waals surface area contributed by atoms with Crippen LogP contribution in [0.3, 0.4) is 0 Å². The summed E-state index contributed by atoms with van der Waals surface area (Å²) < 4.78 is 5.31. The van der Waals surface area contributed by atoms with Crippen molar-refractivity contribution < 1.29 is 4.74 Å². The Balaban J connectivity index is 1.43. The Bertz CT molecular complexity index is 931. The Morgan fingerprint density at radius 2 is 1.93 bits per heavy atom. The number of hydrogen-bond donors (Lipinski definition) is 1. The van der Waals surface area contributed by atoms with Crippen LogP contribution in [0.2, 0.25) is 0 Å². The lowest BCUT2D eigenvalue weighted by Crippen LogP contribution is -2.18. The molecule has 0 bridgehead atoms. The van der Waals surface area contributed by atoms with Crippen molar-refractivity contribution in [2.24, 2.45) is 5.10 Å². The third kappa shape index (κ3) is 4.26. The molecule has 3 aromatic rings. The molecule has 0 unspecified atom stereocenters. The van der Waals surface area contributed by atoms with Gasteiger partial charge >= 0.3 is 0 Å². The molecule has 1 aliphatic rings. The first kappa shape index (κ1) is 17.5. The number of anilines is 1. The molecule has 2 aromatic carbocycles. The van der Waals surface area contributed by atoms with Crippen molar-refractivity contribution in [2.75, 3.05) is 25.6 Å². The highest BCUT2D eigenvalue weighted by Crippen LogP contribution is 2.25. The molecule has 1 aliphatic heterocycles. The van der Waals surface area contributed by atoms with Gasteiger partial charge < -0.3 is 4.74 Å². The molecular formula is C22H24N4O. The summed E-state index contributed by atoms with van der Waals surface area (Å²) in [7, 11) is 1.66. The number of ether oxygens (including phenoxy) is 1. The Morgan fingerprint density at radius 1 is 1.11 bits per heavy atom. The highest BCUT2D eigenvalue weighted by atomic mass is 16.5. The highest BCUT2D eigenvalue weighted by Gasteiger charge is 2.11. The first-order chi connectivity index (χ1) is 13.3. The molecule has 0 spiro atoms. The molecule has 4 rings (SSSR count). The van der Waals surface area contributed by atoms with Gasteiger partial charge in [-0.15, -0.1) is 0 Å². The maximum Gasteiger partial charge on any atom is 0.119 e. The Morgan fingerprint density at radius 3 is 2.70 bits per heavy atom. The summed E-state index contributed by atoms with van der Waals surface area (Å²) in [5.41, 5.74) is 7.36.